The van der Waals surface area contributed by atoms with Crippen LogP contribution in [0.15, 0.2) is 133 Å². The highest BCUT2D eigenvalue weighted by molar-refractivity contribution is 6.00. The normalized spacial score (nSPS) is 14.5. The molecule has 0 radical (unpaired) electrons. The number of nitrogens with one attached hydrogen (secondary N) is 5. The number of unbranched alkanes of at least 4 members (excludes halogenated alkanes) is 1. The summed E-state index contributed by atoms with van der Waals surface area (Å²) < 4.78 is 64.5. The van der Waals surface area contributed by atoms with Crippen molar-refractivity contribution in [2.75, 3.05) is 40.6 Å². The van der Waals surface area contributed by atoms with Crippen LogP contribution in [-0.2, 0) is 104 Å². The molecule has 0 aliphatic carbocycles. The van der Waals surface area contributed by atoms with Crippen LogP contribution in [-0.4, -0.2) is 190 Å². The Morgan fingerprint density at radius 2 is 1.21 bits per heavy atom. The molecule has 7 aromatic rings. The predicted molar refractivity (Wildman–Crippen MR) is 513 cm³/mol. The van der Waals surface area contributed by atoms with Crippen LogP contribution in [0.1, 0.15) is 238 Å². The number of ether oxygens (including phenoxy) is 8. The Bertz CT molecular complexity index is 5230. The zero-order valence-electron chi connectivity index (χ0n) is 82.5. The number of primary amides is 1. The van der Waals surface area contributed by atoms with Crippen molar-refractivity contribution in [1.82, 2.24) is 41.9 Å². The molecule has 136 heavy (non-hydrogen) atoms. The minimum Gasteiger partial charge on any atom is -0.497 e. The van der Waals surface area contributed by atoms with Crippen LogP contribution in [0.25, 0.3) is 21.6 Å². The zero-order valence-corrected chi connectivity index (χ0v) is 82.5. The number of hydrogen-bond acceptors (Lipinski definition) is 24. The maximum atomic E-state index is 16.2. The Kier molecular flexibility index (Phi) is 42.1. The molecule has 7 rings (SSSR count). The van der Waals surface area contributed by atoms with Crippen molar-refractivity contribution in [3.8, 4) is 34.1 Å². The highest BCUT2D eigenvalue weighted by Crippen LogP contribution is 2.40. The van der Waals surface area contributed by atoms with Gasteiger partial charge in [-0.05, 0) is 243 Å². The van der Waals surface area contributed by atoms with Gasteiger partial charge in [0.1, 0.15) is 46.5 Å². The number of nitrogens with two attached hydrogens (primary N) is 2. The minimum atomic E-state index is -1.98. The number of aromatic nitrogens is 4. The summed E-state index contributed by atoms with van der Waals surface area (Å²) >= 11 is 0. The standard InChI is InChI=1S/C103H140FN13O19/c1-21-68-51-76(131-46-25-24-45-108-115-107)40-41-77(68)69-33-31-66(32-34-69)50-72(96(126)109-82(30-26-27-67-48-62(2)47-63(3)49-67)86(120)55-79(78-42-39-75(129-19)54-89(78)130-20)70-35-37-74(38-36-70)132-61-90(106)123)52-85(119)83(57-93(125)136-102(15,16)17)110-97(127)73(60-133-99(6,7)8)53-87(121)94(64(4)134-100(9,10)11)112-98(128)103(18,58-71-28-22-23-29-80(71)104)59-88(122)95(65(5)135-101(12,13)14)111-92(124)44-43-84(118)81(105)56-91-113-116-117-114-91/h22-23,28-29,31-42,47-49,51,54,64-65,72-73,79,81-83,94-95H,21,24-27,30,43-46,50,52-53,55-61,105H2,1-20H3,(H2,106,123)(H,109,126)(H,110,127)(H,111,124)(H,112,128)(H,113,114,116,117)/t64-,65-,72-,73+,79?,81+,82+,83+,94+,95+,103-/m1/s1. The Labute approximate surface area is 797 Å². The van der Waals surface area contributed by atoms with Crippen LogP contribution in [0.5, 0.6) is 23.0 Å². The summed E-state index contributed by atoms with van der Waals surface area (Å²) in [5.74, 6) is -10.7. The van der Waals surface area contributed by atoms with Crippen LogP contribution in [0, 0.1) is 36.9 Å². The van der Waals surface area contributed by atoms with Gasteiger partial charge in [0.05, 0.1) is 92.3 Å². The number of carbonyl (C=O) groups excluding carboxylic acids is 11. The number of esters is 1. The molecule has 0 saturated heterocycles. The lowest BCUT2D eigenvalue weighted by Gasteiger charge is -2.36. The van der Waals surface area contributed by atoms with Gasteiger partial charge in [-0.1, -0.05) is 120 Å². The Hall–Kier alpha value is -12.2. The first kappa shape index (κ1) is 111. The predicted octanol–water partition coefficient (Wildman–Crippen LogP) is 14.1. The van der Waals surface area contributed by atoms with Crippen molar-refractivity contribution >= 4 is 64.4 Å². The second-order valence-electron chi connectivity index (χ2n) is 39.1. The summed E-state index contributed by atoms with van der Waals surface area (Å²) in [4.78, 5) is 167. The summed E-state index contributed by atoms with van der Waals surface area (Å²) in [6, 6.07) is 29.8. The summed E-state index contributed by atoms with van der Waals surface area (Å²) in [6.45, 7) is 30.7. The molecule has 33 heteroatoms. The highest BCUT2D eigenvalue weighted by Gasteiger charge is 2.45. The van der Waals surface area contributed by atoms with Gasteiger partial charge < -0.3 is 70.6 Å². The van der Waals surface area contributed by atoms with Crippen LogP contribution in [0.4, 0.5) is 4.39 Å². The smallest absolute Gasteiger partial charge is 0.308 e. The second-order valence-corrected chi connectivity index (χ2v) is 39.1. The van der Waals surface area contributed by atoms with Gasteiger partial charge in [0.15, 0.2) is 41.3 Å². The van der Waals surface area contributed by atoms with Crippen LogP contribution >= 0.6 is 0 Å². The van der Waals surface area contributed by atoms with Gasteiger partial charge in [0.2, 0.25) is 23.6 Å². The Morgan fingerprint density at radius 3 is 1.80 bits per heavy atom. The molecule has 0 bridgehead atoms. The van der Waals surface area contributed by atoms with Crippen molar-refractivity contribution in [2.24, 2.45) is 33.8 Å². The Balaban J connectivity index is 1.31. The molecule has 5 amide bonds. The molecular weight excluding hydrogens is 1740 g/mol. The van der Waals surface area contributed by atoms with Crippen molar-refractivity contribution in [3.05, 3.63) is 194 Å². The molecule has 0 saturated carbocycles. The van der Waals surface area contributed by atoms with Gasteiger partial charge in [-0.3, -0.25) is 52.7 Å². The SMILES string of the molecule is CCc1cc(OCCCCN=[N+]=[N-])ccc1-c1ccc(C[C@H](CC(=O)[C@H](CC(=O)OC(C)(C)C)NC(=O)[C@H](COC(C)(C)C)CC(=O)[C@@H](NC(=O)[C@@](C)(CC(=O)[C@@H](NC(=O)CCC(=O)[C@@H](N)Cc2nn[nH]n2)[C@@H](C)OC(C)(C)C)Cc2ccccc2F)[C@@H](C)OC(C)(C)C)C(=O)N[C@@H](CCCc2cc(C)cc(C)c2)C(=O)CC(c2ccc(OCC(N)=O)cc2)c2ccc(OC)cc2OC)cc1. The van der Waals surface area contributed by atoms with E-state index >= 15 is 38.0 Å². The number of amides is 5. The number of nitrogens with zero attached hydrogens (tertiary/aromatic N) is 6. The van der Waals surface area contributed by atoms with Crippen molar-refractivity contribution in [1.29, 1.82) is 0 Å². The van der Waals surface area contributed by atoms with E-state index in [2.05, 4.69) is 70.1 Å². The molecule has 738 valence electrons. The highest BCUT2D eigenvalue weighted by atomic mass is 19.1. The number of halogens is 1. The molecule has 9 N–H and O–H groups in total. The summed E-state index contributed by atoms with van der Waals surface area (Å²) in [7, 11) is 3.00. The fourth-order valence-corrected chi connectivity index (χ4v) is 16.2. The third-order valence-corrected chi connectivity index (χ3v) is 22.6. The molecule has 11 atom stereocenters. The molecule has 0 spiro atoms. The molecule has 1 heterocycles. The maximum Gasteiger partial charge on any atom is 0.308 e. The third-order valence-electron chi connectivity index (χ3n) is 22.6. The molecule has 1 unspecified atom stereocenters. The summed E-state index contributed by atoms with van der Waals surface area (Å²) in [6.07, 6.45) is -3.94. The number of rotatable bonds is 56. The third kappa shape index (κ3) is 37.1. The van der Waals surface area contributed by atoms with E-state index in [1.165, 1.54) is 46.3 Å². The number of hydrogen-bond donors (Lipinski definition) is 7. The average Bonchev–Trinajstić information content (AvgIpc) is 1.64. The van der Waals surface area contributed by atoms with E-state index in [0.29, 0.717) is 84.9 Å². The van der Waals surface area contributed by atoms with Crippen molar-refractivity contribution in [3.63, 3.8) is 0 Å². The van der Waals surface area contributed by atoms with Gasteiger partial charge in [-0.25, -0.2) is 4.39 Å². The summed E-state index contributed by atoms with van der Waals surface area (Å²) in [5.41, 5.74) is 21.9. The van der Waals surface area contributed by atoms with Crippen molar-refractivity contribution < 1.29 is 95.0 Å². The number of aromatic amines is 1. The molecule has 0 aliphatic heterocycles. The number of ketones is 5. The topological polar surface area (TPSA) is 465 Å². The first-order chi connectivity index (χ1) is 63.9. The first-order valence-electron chi connectivity index (χ1n) is 46.4. The van der Waals surface area contributed by atoms with E-state index < -0.39 is 210 Å². The van der Waals surface area contributed by atoms with Crippen LogP contribution in [0.3, 0.4) is 0 Å². The van der Waals surface area contributed by atoms with E-state index in [4.69, 9.17) is 54.9 Å². The van der Waals surface area contributed by atoms with E-state index in [-0.39, 0.29) is 43.5 Å². The maximum absolute atomic E-state index is 16.2. The Morgan fingerprint density at radius 1 is 0.588 bits per heavy atom. The largest absolute Gasteiger partial charge is 0.497 e. The van der Waals surface area contributed by atoms with E-state index in [1.807, 2.05) is 63.2 Å². The lowest BCUT2D eigenvalue weighted by atomic mass is 9.76. The number of H-pyrrole nitrogens is 1. The zero-order chi connectivity index (χ0) is 101. The van der Waals surface area contributed by atoms with E-state index in [9.17, 15) is 19.2 Å². The monoisotopic (exact) mass is 1880 g/mol. The quantitative estimate of drug-likeness (QED) is 0.00612. The number of azide groups is 1. The van der Waals surface area contributed by atoms with Gasteiger partial charge >= 0.3 is 5.97 Å². The molecule has 1 aromatic heterocycles. The first-order valence-corrected chi connectivity index (χ1v) is 46.4. The van der Waals surface area contributed by atoms with Crippen LogP contribution < -0.4 is 51.7 Å². The number of carbonyl (C=O) groups is 11. The van der Waals surface area contributed by atoms with E-state index in [0.717, 1.165) is 33.4 Å². The molecule has 6 aromatic carbocycles. The summed E-state index contributed by atoms with van der Waals surface area (Å²) in [5, 5.41) is 28.6. The number of Topliss-reactive ketones (excluding diaryl/α,β-unsaturated/α-hetero) is 5. The number of tetrazole rings is 1. The van der Waals surface area contributed by atoms with Gasteiger partial charge in [-0.2, -0.15) is 5.21 Å². The van der Waals surface area contributed by atoms with Crippen molar-refractivity contribution in [2.45, 2.75) is 298 Å². The van der Waals surface area contributed by atoms with Gasteiger partial charge in [-0.15, -0.1) is 10.2 Å². The van der Waals surface area contributed by atoms with Gasteiger partial charge in [0.25, 0.3) is 5.91 Å². The van der Waals surface area contributed by atoms with Gasteiger partial charge in [0, 0.05) is 79.9 Å². The average molecular weight is 1880 g/mol. The number of benzene rings is 6. The second kappa shape index (κ2) is 51.7. The lowest BCUT2D eigenvalue weighted by Crippen LogP contribution is -2.57. The number of aryl methyl sites for hydroxylation is 4. The number of methoxy groups -OCH3 is 2. The lowest BCUT2D eigenvalue weighted by molar-refractivity contribution is -0.156. The van der Waals surface area contributed by atoms with Crippen LogP contribution in [0.2, 0.25) is 0 Å². The molecule has 32 nitrogen and oxygen atoms in total. The van der Waals surface area contributed by atoms with E-state index in [1.54, 1.807) is 139 Å². The molecule has 0 fully saturated rings. The molecular formula is C103H140FN13O19. The molecule has 0 aliphatic rings. The fourth-order valence-electron chi connectivity index (χ4n) is 16.2. The fraction of sp³-hybridized carbons (Fsp3) is 0.534. The minimum absolute atomic E-state index is 0.00445.